The summed E-state index contributed by atoms with van der Waals surface area (Å²) in [4.78, 5) is 9.17. The predicted octanol–water partition coefficient (Wildman–Crippen LogP) is 2.65. The zero-order valence-corrected chi connectivity index (χ0v) is 18.9. The number of aromatic nitrogens is 2. The number of aliphatic imine (C=N–C) groups is 1. The second-order valence-electron chi connectivity index (χ2n) is 7.06. The van der Waals surface area contributed by atoms with E-state index >= 15 is 0 Å². The van der Waals surface area contributed by atoms with Gasteiger partial charge in [0, 0.05) is 58.6 Å². The lowest BCUT2D eigenvalue weighted by Gasteiger charge is -2.25. The minimum atomic E-state index is 0. The molecule has 0 aromatic carbocycles. The standard InChI is InChI=1S/C18H34N6.HI/c1-7-24(16-8-9-16)11-10-20-18(19-4)22(5)12-15-13-23(6)21-17(15)14(2)3;/h13-14,16H,7-12H2,1-6H3,(H,19,20);1H. The molecular weight excluding hydrogens is 427 g/mol. The van der Waals surface area contributed by atoms with Gasteiger partial charge in [-0.25, -0.2) is 0 Å². The van der Waals surface area contributed by atoms with Gasteiger partial charge in [-0.1, -0.05) is 20.8 Å². The van der Waals surface area contributed by atoms with E-state index in [-0.39, 0.29) is 24.0 Å². The molecule has 1 N–H and O–H groups in total. The van der Waals surface area contributed by atoms with Crippen LogP contribution in [0, 0.1) is 0 Å². The lowest BCUT2D eigenvalue weighted by Crippen LogP contribution is -2.42. The zero-order valence-electron chi connectivity index (χ0n) is 16.6. The predicted molar refractivity (Wildman–Crippen MR) is 116 cm³/mol. The molecule has 7 heteroatoms. The Hall–Kier alpha value is -0.830. The molecule has 1 aromatic rings. The molecule has 6 nitrogen and oxygen atoms in total. The van der Waals surface area contributed by atoms with Crippen molar-refractivity contribution in [3.05, 3.63) is 17.5 Å². The third-order valence-electron chi connectivity index (χ3n) is 4.62. The van der Waals surface area contributed by atoms with Crippen LogP contribution in [-0.2, 0) is 13.6 Å². The highest BCUT2D eigenvalue weighted by atomic mass is 127. The van der Waals surface area contributed by atoms with Crippen molar-refractivity contribution >= 4 is 29.9 Å². The van der Waals surface area contributed by atoms with Crippen LogP contribution >= 0.6 is 24.0 Å². The van der Waals surface area contributed by atoms with Gasteiger partial charge in [0.2, 0.25) is 0 Å². The molecule has 1 aliphatic carbocycles. The third-order valence-corrected chi connectivity index (χ3v) is 4.62. The number of nitrogens with one attached hydrogen (secondary N) is 1. The third kappa shape index (κ3) is 6.44. The van der Waals surface area contributed by atoms with E-state index in [0.29, 0.717) is 5.92 Å². The maximum atomic E-state index is 4.59. The number of aryl methyl sites for hydroxylation is 1. The fourth-order valence-corrected chi connectivity index (χ4v) is 3.23. The van der Waals surface area contributed by atoms with Gasteiger partial charge in [0.05, 0.1) is 5.69 Å². The minimum Gasteiger partial charge on any atom is -0.355 e. The smallest absolute Gasteiger partial charge is 0.193 e. The highest BCUT2D eigenvalue weighted by Crippen LogP contribution is 2.25. The van der Waals surface area contributed by atoms with E-state index in [1.54, 1.807) is 0 Å². The molecule has 1 aromatic heterocycles. The van der Waals surface area contributed by atoms with E-state index in [0.717, 1.165) is 38.2 Å². The SMILES string of the molecule is CCN(CCNC(=NC)N(C)Cc1cn(C)nc1C(C)C)C1CC1.I. The van der Waals surface area contributed by atoms with Crippen molar-refractivity contribution < 1.29 is 0 Å². The average Bonchev–Trinajstić information content (AvgIpc) is 3.30. The molecule has 0 atom stereocenters. The van der Waals surface area contributed by atoms with Crippen LogP contribution in [0.1, 0.15) is 50.8 Å². The molecule has 25 heavy (non-hydrogen) atoms. The molecular formula is C18H35IN6. The van der Waals surface area contributed by atoms with Crippen LogP contribution in [0.4, 0.5) is 0 Å². The Balaban J connectivity index is 0.00000312. The first-order chi connectivity index (χ1) is 11.5. The number of hydrogen-bond donors (Lipinski definition) is 1. The maximum absolute atomic E-state index is 4.59. The summed E-state index contributed by atoms with van der Waals surface area (Å²) in [6, 6.07) is 0.820. The molecule has 0 spiro atoms. The summed E-state index contributed by atoms with van der Waals surface area (Å²) in [5.74, 6) is 1.38. The first-order valence-corrected chi connectivity index (χ1v) is 9.14. The van der Waals surface area contributed by atoms with E-state index in [2.05, 4.69) is 59.2 Å². The second-order valence-corrected chi connectivity index (χ2v) is 7.06. The molecule has 1 saturated carbocycles. The lowest BCUT2D eigenvalue weighted by atomic mass is 10.1. The highest BCUT2D eigenvalue weighted by molar-refractivity contribution is 14.0. The Morgan fingerprint density at radius 3 is 2.64 bits per heavy atom. The van der Waals surface area contributed by atoms with Gasteiger partial charge in [0.1, 0.15) is 0 Å². The lowest BCUT2D eigenvalue weighted by molar-refractivity contribution is 0.280. The molecule has 0 aliphatic heterocycles. The first-order valence-electron chi connectivity index (χ1n) is 9.14. The van der Waals surface area contributed by atoms with Crippen molar-refractivity contribution in [1.82, 2.24) is 24.9 Å². The molecule has 0 saturated heterocycles. The topological polar surface area (TPSA) is 48.7 Å². The molecule has 0 radical (unpaired) electrons. The zero-order chi connectivity index (χ0) is 17.7. The van der Waals surface area contributed by atoms with Crippen molar-refractivity contribution in [1.29, 1.82) is 0 Å². The van der Waals surface area contributed by atoms with Gasteiger partial charge in [-0.05, 0) is 25.3 Å². The van der Waals surface area contributed by atoms with Gasteiger partial charge in [-0.15, -0.1) is 24.0 Å². The average molecular weight is 462 g/mol. The quantitative estimate of drug-likeness (QED) is 0.367. The molecule has 0 amide bonds. The molecule has 0 unspecified atom stereocenters. The van der Waals surface area contributed by atoms with Crippen LogP contribution < -0.4 is 5.32 Å². The summed E-state index contributed by atoms with van der Waals surface area (Å²) in [6.45, 7) is 10.6. The number of nitrogens with zero attached hydrogens (tertiary/aromatic N) is 5. The summed E-state index contributed by atoms with van der Waals surface area (Å²) in [5, 5.41) is 8.09. The Morgan fingerprint density at radius 1 is 1.44 bits per heavy atom. The Kier molecular flexibility index (Phi) is 9.20. The van der Waals surface area contributed by atoms with Gasteiger partial charge < -0.3 is 10.2 Å². The van der Waals surface area contributed by atoms with Gasteiger partial charge in [-0.3, -0.25) is 14.6 Å². The fraction of sp³-hybridized carbons (Fsp3) is 0.778. The van der Waals surface area contributed by atoms with E-state index in [4.69, 9.17) is 0 Å². The largest absolute Gasteiger partial charge is 0.355 e. The number of halogens is 1. The van der Waals surface area contributed by atoms with Crippen LogP contribution in [0.15, 0.2) is 11.2 Å². The molecule has 1 heterocycles. The van der Waals surface area contributed by atoms with Gasteiger partial charge >= 0.3 is 0 Å². The van der Waals surface area contributed by atoms with Gasteiger partial charge in [0.15, 0.2) is 5.96 Å². The monoisotopic (exact) mass is 462 g/mol. The van der Waals surface area contributed by atoms with Crippen molar-refractivity contribution in [2.75, 3.05) is 33.7 Å². The molecule has 144 valence electrons. The molecule has 1 aliphatic rings. The Labute approximate surface area is 170 Å². The van der Waals surface area contributed by atoms with Crippen molar-refractivity contribution in [3.8, 4) is 0 Å². The summed E-state index contributed by atoms with van der Waals surface area (Å²) in [5.41, 5.74) is 2.44. The van der Waals surface area contributed by atoms with Gasteiger partial charge in [0.25, 0.3) is 0 Å². The minimum absolute atomic E-state index is 0. The molecule has 0 bridgehead atoms. The van der Waals surface area contributed by atoms with Gasteiger partial charge in [-0.2, -0.15) is 5.10 Å². The van der Waals surface area contributed by atoms with Crippen molar-refractivity contribution in [2.45, 2.75) is 52.1 Å². The second kappa shape index (κ2) is 10.4. The van der Waals surface area contributed by atoms with Crippen LogP contribution in [0.25, 0.3) is 0 Å². The van der Waals surface area contributed by atoms with Crippen molar-refractivity contribution in [2.24, 2.45) is 12.0 Å². The number of likely N-dealkylation sites (N-methyl/N-ethyl adjacent to an activating group) is 1. The number of hydrogen-bond acceptors (Lipinski definition) is 3. The summed E-state index contributed by atoms with van der Waals surface area (Å²) in [7, 11) is 5.93. The van der Waals surface area contributed by atoms with Crippen molar-refractivity contribution in [3.63, 3.8) is 0 Å². The molecule has 2 rings (SSSR count). The Bertz CT molecular complexity index is 550. The van der Waals surface area contributed by atoms with Crippen LogP contribution in [-0.4, -0.2) is 65.3 Å². The molecule has 1 fully saturated rings. The number of rotatable bonds is 8. The van der Waals surface area contributed by atoms with E-state index in [9.17, 15) is 0 Å². The summed E-state index contributed by atoms with van der Waals surface area (Å²) in [6.07, 6.45) is 4.84. The fourth-order valence-electron chi connectivity index (χ4n) is 3.23. The van der Waals surface area contributed by atoms with Crippen LogP contribution in [0.2, 0.25) is 0 Å². The van der Waals surface area contributed by atoms with E-state index < -0.39 is 0 Å². The summed E-state index contributed by atoms with van der Waals surface area (Å²) >= 11 is 0. The first kappa shape index (κ1) is 22.2. The Morgan fingerprint density at radius 2 is 2.12 bits per heavy atom. The highest BCUT2D eigenvalue weighted by Gasteiger charge is 2.27. The maximum Gasteiger partial charge on any atom is 0.193 e. The van der Waals surface area contributed by atoms with Crippen LogP contribution in [0.3, 0.4) is 0 Å². The summed E-state index contributed by atoms with van der Waals surface area (Å²) < 4.78 is 1.91. The number of guanidine groups is 1. The normalized spacial score (nSPS) is 14.8. The van der Waals surface area contributed by atoms with Crippen LogP contribution in [0.5, 0.6) is 0 Å². The van der Waals surface area contributed by atoms with E-state index in [1.807, 2.05) is 18.8 Å². The van der Waals surface area contributed by atoms with E-state index in [1.165, 1.54) is 24.1 Å².